The molecule has 1 saturated heterocycles. The summed E-state index contributed by atoms with van der Waals surface area (Å²) in [5.41, 5.74) is -10.3. The zero-order valence-electron chi connectivity index (χ0n) is 35.3. The Morgan fingerprint density at radius 1 is 0.806 bits per heavy atom. The number of hydrogen-bond donors (Lipinski definition) is 1. The summed E-state index contributed by atoms with van der Waals surface area (Å²) in [4.78, 5) is 117. The molecule has 20 nitrogen and oxygen atoms in total. The van der Waals surface area contributed by atoms with E-state index in [1.165, 1.54) is 50.5 Å². The van der Waals surface area contributed by atoms with Crippen molar-refractivity contribution in [2.24, 2.45) is 17.3 Å². The van der Waals surface area contributed by atoms with Crippen LogP contribution in [0.5, 0.6) is 0 Å². The number of pyridine rings is 2. The van der Waals surface area contributed by atoms with E-state index >= 15 is 0 Å². The third-order valence-corrected chi connectivity index (χ3v) is 12.0. The number of carbonyl (C=O) groups excluding carboxylic acids is 8. The molecule has 2 aliphatic carbocycles. The van der Waals surface area contributed by atoms with Crippen LogP contribution in [0.2, 0.25) is 0 Å². The van der Waals surface area contributed by atoms with E-state index < -0.39 is 132 Å². The maximum atomic E-state index is 14.4. The number of esters is 8. The zero-order chi connectivity index (χ0) is 45.5. The summed E-state index contributed by atoms with van der Waals surface area (Å²) >= 11 is 0. The molecule has 12 atom stereocenters. The SMILES string of the molecule is CC(=O)OC[C@]12[C@H](OC(C)=O)[C@H](OC(C)=O)C3[C@@H](OC(C)=O)C14O[C@@]3(C)COC(=O)c1cccnc1CCC(C)C(=O)O[C@@H]([C@H](OC(=O)c1cccnc1)[C@@H]2OC(C)=O)[C@]4(C)O. The highest BCUT2D eigenvalue weighted by Gasteiger charge is 2.92. The van der Waals surface area contributed by atoms with Crippen LogP contribution in [0.15, 0.2) is 42.9 Å². The fraction of sp³-hybridized carbons (Fsp3) is 0.571. The molecule has 3 fully saturated rings. The van der Waals surface area contributed by atoms with Crippen molar-refractivity contribution in [1.29, 1.82) is 0 Å². The average molecular weight is 869 g/mol. The van der Waals surface area contributed by atoms with Crippen LogP contribution < -0.4 is 0 Å². The summed E-state index contributed by atoms with van der Waals surface area (Å²) < 4.78 is 55.2. The van der Waals surface area contributed by atoms with Crippen LogP contribution in [0.1, 0.15) is 88.2 Å². The van der Waals surface area contributed by atoms with Crippen molar-refractivity contribution < 1.29 is 86.1 Å². The number of aliphatic hydroxyl groups is 1. The molecule has 62 heavy (non-hydrogen) atoms. The van der Waals surface area contributed by atoms with Gasteiger partial charge in [-0.15, -0.1) is 0 Å². The van der Waals surface area contributed by atoms with Gasteiger partial charge in [0, 0.05) is 53.2 Å². The third kappa shape index (κ3) is 7.73. The number of aryl methyl sites for hydroxylation is 1. The summed E-state index contributed by atoms with van der Waals surface area (Å²) in [7, 11) is 0. The quantitative estimate of drug-likeness (QED) is 0.291. The second-order valence-corrected chi connectivity index (χ2v) is 16.3. The smallest absolute Gasteiger partial charge is 0.340 e. The molecule has 4 heterocycles. The Hall–Kier alpha value is -6.02. The van der Waals surface area contributed by atoms with Crippen molar-refractivity contribution in [2.75, 3.05) is 13.2 Å². The van der Waals surface area contributed by atoms with E-state index in [1.807, 2.05) is 0 Å². The van der Waals surface area contributed by atoms with Crippen molar-refractivity contribution in [1.82, 2.24) is 9.97 Å². The minimum Gasteiger partial charge on any atom is -0.465 e. The molecular weight excluding hydrogens is 820 g/mol. The van der Waals surface area contributed by atoms with E-state index in [4.69, 9.17) is 42.6 Å². The summed E-state index contributed by atoms with van der Waals surface area (Å²) in [6.07, 6.45) is -8.25. The molecule has 0 aromatic carbocycles. The number of cyclic esters (lactones) is 1. The van der Waals surface area contributed by atoms with Gasteiger partial charge in [0.2, 0.25) is 0 Å². The number of aromatic nitrogens is 2. The average Bonchev–Trinajstić information content (AvgIpc) is 3.41. The highest BCUT2D eigenvalue weighted by Crippen LogP contribution is 2.70. The first kappa shape index (κ1) is 45.5. The molecule has 0 radical (unpaired) electrons. The molecule has 3 unspecified atom stereocenters. The van der Waals surface area contributed by atoms with E-state index in [-0.39, 0.29) is 29.7 Å². The number of hydrogen-bond acceptors (Lipinski definition) is 20. The number of carbonyl (C=O) groups is 8. The summed E-state index contributed by atoms with van der Waals surface area (Å²) in [6.45, 7) is 7.08. The summed E-state index contributed by atoms with van der Waals surface area (Å²) in [5, 5.41) is 13.6. The molecule has 2 aromatic rings. The monoisotopic (exact) mass is 868 g/mol. The standard InChI is InChI=1S/C42H48N2O18/c1-20-13-14-28-27(12-10-16-44-28)38(52)55-18-39(7)29-30(56-22(3)46)34(58-24(5)48)41(19-54-21(2)45)35(59-25(6)49)31(60-37(51)26-11-9-15-43-17-26)33(61-36(20)50)40(8,53)42(41,62-39)32(29)57-23(4)47/h9-12,15-17,20,29-35,53H,13-14,18-19H2,1-8H3/t20?,29?,30-,31+,32-,33+,34-,35+,39+,40+,41-,42?/m1/s1. The Labute approximate surface area is 355 Å². The molecule has 6 rings (SSSR count). The van der Waals surface area contributed by atoms with Crippen molar-refractivity contribution in [3.63, 3.8) is 0 Å². The molecule has 2 saturated carbocycles. The van der Waals surface area contributed by atoms with Gasteiger partial charge in [0.05, 0.1) is 28.7 Å². The van der Waals surface area contributed by atoms with Gasteiger partial charge in [0.25, 0.3) is 0 Å². The number of nitrogens with zero attached hydrogens (tertiary/aromatic N) is 2. The van der Waals surface area contributed by atoms with Crippen LogP contribution in [-0.2, 0) is 77.8 Å². The Bertz CT molecular complexity index is 2140. The predicted octanol–water partition coefficient (Wildman–Crippen LogP) is 1.55. The van der Waals surface area contributed by atoms with Crippen LogP contribution >= 0.6 is 0 Å². The predicted molar refractivity (Wildman–Crippen MR) is 203 cm³/mol. The lowest BCUT2D eigenvalue weighted by Crippen LogP contribution is -2.89. The lowest BCUT2D eigenvalue weighted by Gasteiger charge is -2.67. The van der Waals surface area contributed by atoms with Crippen LogP contribution in [0.25, 0.3) is 0 Å². The molecule has 1 N–H and O–H groups in total. The topological polar surface area (TPSA) is 266 Å². The van der Waals surface area contributed by atoms with E-state index in [1.54, 1.807) is 0 Å². The molecule has 0 amide bonds. The van der Waals surface area contributed by atoms with E-state index in [0.717, 1.165) is 47.7 Å². The van der Waals surface area contributed by atoms with Gasteiger partial charge < -0.3 is 47.7 Å². The first-order valence-corrected chi connectivity index (χ1v) is 19.8. The lowest BCUT2D eigenvalue weighted by atomic mass is 9.45. The minimum atomic E-state index is -2.87. The number of rotatable bonds is 8. The fourth-order valence-corrected chi connectivity index (χ4v) is 9.64. The maximum absolute atomic E-state index is 14.4. The molecule has 4 aliphatic rings. The van der Waals surface area contributed by atoms with Gasteiger partial charge in [0.15, 0.2) is 30.0 Å². The molecule has 20 heteroatoms. The molecular formula is C42H48N2O18. The summed E-state index contributed by atoms with van der Waals surface area (Å²) in [6, 6.07) is 5.69. The number of fused-ring (bicyclic) bond motifs is 5. The van der Waals surface area contributed by atoms with Gasteiger partial charge in [-0.1, -0.05) is 6.92 Å². The molecule has 334 valence electrons. The highest BCUT2D eigenvalue weighted by molar-refractivity contribution is 5.91. The second-order valence-electron chi connectivity index (χ2n) is 16.3. The zero-order valence-corrected chi connectivity index (χ0v) is 35.3. The normalized spacial score (nSPS) is 35.0. The van der Waals surface area contributed by atoms with Crippen molar-refractivity contribution in [3.05, 3.63) is 59.7 Å². The number of ether oxygens (including phenoxy) is 9. The highest BCUT2D eigenvalue weighted by atomic mass is 16.7. The van der Waals surface area contributed by atoms with E-state index in [9.17, 15) is 43.5 Å². The van der Waals surface area contributed by atoms with Gasteiger partial charge in [0.1, 0.15) is 42.0 Å². The van der Waals surface area contributed by atoms with Crippen molar-refractivity contribution in [3.8, 4) is 0 Å². The van der Waals surface area contributed by atoms with Gasteiger partial charge in [-0.2, -0.15) is 0 Å². The van der Waals surface area contributed by atoms with Gasteiger partial charge in [-0.05, 0) is 51.0 Å². The van der Waals surface area contributed by atoms with Crippen LogP contribution in [0.4, 0.5) is 0 Å². The lowest BCUT2D eigenvalue weighted by molar-refractivity contribution is -0.386. The van der Waals surface area contributed by atoms with Crippen molar-refractivity contribution >= 4 is 47.8 Å². The van der Waals surface area contributed by atoms with E-state index in [2.05, 4.69) is 9.97 Å². The van der Waals surface area contributed by atoms with Crippen molar-refractivity contribution in [2.45, 2.75) is 122 Å². The Morgan fingerprint density at radius 2 is 1.42 bits per heavy atom. The van der Waals surface area contributed by atoms with Crippen LogP contribution in [0.3, 0.4) is 0 Å². The van der Waals surface area contributed by atoms with E-state index in [0.29, 0.717) is 0 Å². The Balaban J connectivity index is 1.77. The largest absolute Gasteiger partial charge is 0.465 e. The van der Waals surface area contributed by atoms with Crippen LogP contribution in [0, 0.1) is 17.3 Å². The third-order valence-electron chi connectivity index (χ3n) is 12.0. The first-order valence-electron chi connectivity index (χ1n) is 19.8. The van der Waals surface area contributed by atoms with Gasteiger partial charge >= 0.3 is 47.8 Å². The molecule has 1 spiro atoms. The first-order chi connectivity index (χ1) is 29.1. The Kier molecular flexibility index (Phi) is 12.5. The Morgan fingerprint density at radius 3 is 2.02 bits per heavy atom. The maximum Gasteiger partial charge on any atom is 0.340 e. The molecule has 2 aliphatic heterocycles. The summed E-state index contributed by atoms with van der Waals surface area (Å²) in [5.74, 6) is -10.8. The van der Waals surface area contributed by atoms with Crippen LogP contribution in [-0.4, -0.2) is 129 Å². The fourth-order valence-electron chi connectivity index (χ4n) is 9.64. The molecule has 4 bridgehead atoms. The minimum absolute atomic E-state index is 0.0174. The molecule has 2 aromatic heterocycles. The van der Waals surface area contributed by atoms with Gasteiger partial charge in [-0.25, -0.2) is 9.59 Å². The second kappa shape index (κ2) is 17.0. The van der Waals surface area contributed by atoms with Gasteiger partial charge in [-0.3, -0.25) is 38.7 Å².